The molecule has 0 bridgehead atoms. The van der Waals surface area contributed by atoms with E-state index in [4.69, 9.17) is 5.11 Å². The third-order valence-corrected chi connectivity index (χ3v) is 3.39. The van der Waals surface area contributed by atoms with Gasteiger partial charge in [0.1, 0.15) is 5.82 Å². The molecule has 1 unspecified atom stereocenters. The third kappa shape index (κ3) is 3.29. The summed E-state index contributed by atoms with van der Waals surface area (Å²) in [4.78, 5) is 6.45. The smallest absolute Gasteiger partial charge is 0.257 e. The number of nitrogens with zero attached hydrogens (tertiary/aromatic N) is 1. The Bertz CT molecular complexity index is 413. The minimum absolute atomic E-state index is 0.0461. The maximum atomic E-state index is 11.7. The predicted octanol–water partition coefficient (Wildman–Crippen LogP) is -0.233. The Balaban J connectivity index is 2.76. The van der Waals surface area contributed by atoms with Gasteiger partial charge >= 0.3 is 0 Å². The van der Waals surface area contributed by atoms with Gasteiger partial charge in [0.15, 0.2) is 5.03 Å². The van der Waals surface area contributed by atoms with Gasteiger partial charge in [-0.2, -0.15) is 0 Å². The molecule has 3 N–H and O–H groups in total. The summed E-state index contributed by atoms with van der Waals surface area (Å²) in [5, 5.41) is 8.70. The number of aliphatic hydroxyl groups excluding tert-OH is 1. The van der Waals surface area contributed by atoms with Crippen LogP contribution in [-0.4, -0.2) is 36.1 Å². The molecule has 15 heavy (non-hydrogen) atoms. The number of hydrogen-bond donors (Lipinski definition) is 3. The number of aromatic nitrogens is 2. The van der Waals surface area contributed by atoms with Crippen molar-refractivity contribution >= 4 is 10.0 Å². The van der Waals surface area contributed by atoms with E-state index in [1.165, 1.54) is 6.20 Å². The van der Waals surface area contributed by atoms with E-state index in [2.05, 4.69) is 14.7 Å². The predicted molar refractivity (Wildman–Crippen MR) is 54.8 cm³/mol. The average molecular weight is 233 g/mol. The van der Waals surface area contributed by atoms with Crippen LogP contribution in [0.3, 0.4) is 0 Å². The van der Waals surface area contributed by atoms with E-state index in [0.29, 0.717) is 12.2 Å². The van der Waals surface area contributed by atoms with Gasteiger partial charge in [0.2, 0.25) is 0 Å². The molecule has 6 nitrogen and oxygen atoms in total. The first kappa shape index (κ1) is 12.2. The van der Waals surface area contributed by atoms with Crippen molar-refractivity contribution < 1.29 is 13.5 Å². The van der Waals surface area contributed by atoms with E-state index in [-0.39, 0.29) is 17.7 Å². The SMILES string of the molecule is Cc1ncc(S(=O)(=O)NC(C)CCO)[nH]1. The summed E-state index contributed by atoms with van der Waals surface area (Å²) in [5.41, 5.74) is 0. The molecule has 0 radical (unpaired) electrons. The summed E-state index contributed by atoms with van der Waals surface area (Å²) in [5.74, 6) is 0.546. The molecule has 1 atom stereocenters. The van der Waals surface area contributed by atoms with Gasteiger partial charge in [0.25, 0.3) is 10.0 Å². The van der Waals surface area contributed by atoms with E-state index < -0.39 is 10.0 Å². The lowest BCUT2D eigenvalue weighted by Crippen LogP contribution is -2.33. The largest absolute Gasteiger partial charge is 0.396 e. The van der Waals surface area contributed by atoms with Crippen molar-refractivity contribution in [2.45, 2.75) is 31.3 Å². The molecule has 0 aliphatic rings. The Labute approximate surface area is 88.8 Å². The first-order chi connectivity index (χ1) is 6.95. The third-order valence-electron chi connectivity index (χ3n) is 1.89. The molecule has 0 spiro atoms. The van der Waals surface area contributed by atoms with Gasteiger partial charge in [-0.15, -0.1) is 0 Å². The van der Waals surface area contributed by atoms with Crippen molar-refractivity contribution in [3.63, 3.8) is 0 Å². The van der Waals surface area contributed by atoms with E-state index in [1.54, 1.807) is 13.8 Å². The molecule has 1 rings (SSSR count). The van der Waals surface area contributed by atoms with Crippen molar-refractivity contribution in [3.8, 4) is 0 Å². The molecule has 0 amide bonds. The molecular weight excluding hydrogens is 218 g/mol. The number of nitrogens with one attached hydrogen (secondary N) is 2. The van der Waals surface area contributed by atoms with Gasteiger partial charge in [-0.1, -0.05) is 0 Å². The Morgan fingerprint density at radius 3 is 2.80 bits per heavy atom. The lowest BCUT2D eigenvalue weighted by atomic mass is 10.3. The van der Waals surface area contributed by atoms with Crippen LogP contribution in [0.2, 0.25) is 0 Å². The molecule has 86 valence electrons. The van der Waals surface area contributed by atoms with Crippen LogP contribution in [0.4, 0.5) is 0 Å². The van der Waals surface area contributed by atoms with Crippen molar-refractivity contribution in [2.75, 3.05) is 6.61 Å². The number of rotatable bonds is 5. The van der Waals surface area contributed by atoms with Crippen LogP contribution in [0, 0.1) is 6.92 Å². The average Bonchev–Trinajstić information content (AvgIpc) is 2.51. The van der Waals surface area contributed by atoms with E-state index >= 15 is 0 Å². The quantitative estimate of drug-likeness (QED) is 0.654. The van der Waals surface area contributed by atoms with Crippen LogP contribution in [0.5, 0.6) is 0 Å². The van der Waals surface area contributed by atoms with Crippen molar-refractivity contribution in [1.82, 2.24) is 14.7 Å². The number of aliphatic hydroxyl groups is 1. The lowest BCUT2D eigenvalue weighted by molar-refractivity contribution is 0.275. The fourth-order valence-electron chi connectivity index (χ4n) is 1.12. The normalized spacial score (nSPS) is 14.1. The topological polar surface area (TPSA) is 95.1 Å². The van der Waals surface area contributed by atoms with Crippen molar-refractivity contribution in [1.29, 1.82) is 0 Å². The highest BCUT2D eigenvalue weighted by atomic mass is 32.2. The standard InChI is InChI=1S/C8H15N3O3S/c1-6(3-4-12)11-15(13,14)8-5-9-7(2)10-8/h5-6,11-12H,3-4H2,1-2H3,(H,9,10). The number of aromatic amines is 1. The summed E-state index contributed by atoms with van der Waals surface area (Å²) in [6.07, 6.45) is 1.65. The van der Waals surface area contributed by atoms with Crippen molar-refractivity contribution in [2.24, 2.45) is 0 Å². The molecule has 0 saturated heterocycles. The summed E-state index contributed by atoms with van der Waals surface area (Å²) in [6.45, 7) is 3.32. The fraction of sp³-hybridized carbons (Fsp3) is 0.625. The molecule has 0 aliphatic heterocycles. The van der Waals surface area contributed by atoms with E-state index in [1.807, 2.05) is 0 Å². The number of imidazole rings is 1. The van der Waals surface area contributed by atoms with Gasteiger partial charge in [-0.3, -0.25) is 0 Å². The summed E-state index contributed by atoms with van der Waals surface area (Å²) in [6, 6.07) is -0.302. The Kier molecular flexibility index (Phi) is 3.83. The minimum Gasteiger partial charge on any atom is -0.396 e. The zero-order chi connectivity index (χ0) is 11.5. The van der Waals surface area contributed by atoms with Gasteiger partial charge in [0, 0.05) is 12.6 Å². The van der Waals surface area contributed by atoms with Crippen LogP contribution >= 0.6 is 0 Å². The van der Waals surface area contributed by atoms with Gasteiger partial charge < -0.3 is 10.1 Å². The van der Waals surface area contributed by atoms with Crippen LogP contribution in [0.15, 0.2) is 11.2 Å². The van der Waals surface area contributed by atoms with Gasteiger partial charge in [-0.05, 0) is 20.3 Å². The monoisotopic (exact) mass is 233 g/mol. The number of hydrogen-bond acceptors (Lipinski definition) is 4. The Morgan fingerprint density at radius 2 is 2.33 bits per heavy atom. The highest BCUT2D eigenvalue weighted by molar-refractivity contribution is 7.89. The van der Waals surface area contributed by atoms with Crippen LogP contribution in [-0.2, 0) is 10.0 Å². The van der Waals surface area contributed by atoms with Gasteiger partial charge in [0.05, 0.1) is 6.20 Å². The van der Waals surface area contributed by atoms with Crippen LogP contribution < -0.4 is 4.72 Å². The van der Waals surface area contributed by atoms with Crippen LogP contribution in [0.25, 0.3) is 0 Å². The minimum atomic E-state index is -3.54. The van der Waals surface area contributed by atoms with E-state index in [0.717, 1.165) is 0 Å². The highest BCUT2D eigenvalue weighted by Crippen LogP contribution is 2.06. The second kappa shape index (κ2) is 4.73. The first-order valence-corrected chi connectivity index (χ1v) is 6.09. The molecule has 0 saturated carbocycles. The fourth-order valence-corrected chi connectivity index (χ4v) is 2.36. The first-order valence-electron chi connectivity index (χ1n) is 4.60. The van der Waals surface area contributed by atoms with Gasteiger partial charge in [-0.25, -0.2) is 18.1 Å². The molecule has 7 heteroatoms. The number of sulfonamides is 1. The molecule has 1 heterocycles. The molecule has 0 fully saturated rings. The number of H-pyrrole nitrogens is 1. The summed E-state index contributed by atoms with van der Waals surface area (Å²) < 4.78 is 25.8. The highest BCUT2D eigenvalue weighted by Gasteiger charge is 2.18. The van der Waals surface area contributed by atoms with Crippen LogP contribution in [0.1, 0.15) is 19.2 Å². The van der Waals surface area contributed by atoms with Crippen molar-refractivity contribution in [3.05, 3.63) is 12.0 Å². The summed E-state index contributed by atoms with van der Waals surface area (Å²) >= 11 is 0. The second-order valence-corrected chi connectivity index (χ2v) is 5.05. The maximum Gasteiger partial charge on any atom is 0.257 e. The zero-order valence-electron chi connectivity index (χ0n) is 8.69. The molecule has 1 aromatic rings. The second-order valence-electron chi connectivity index (χ2n) is 3.37. The summed E-state index contributed by atoms with van der Waals surface area (Å²) in [7, 11) is -3.54. The molecule has 0 aromatic carbocycles. The Hall–Kier alpha value is -0.920. The zero-order valence-corrected chi connectivity index (χ0v) is 9.50. The lowest BCUT2D eigenvalue weighted by Gasteiger charge is -2.11. The Morgan fingerprint density at radius 1 is 1.67 bits per heavy atom. The maximum absolute atomic E-state index is 11.7. The van der Waals surface area contributed by atoms with E-state index in [9.17, 15) is 8.42 Å². The number of aryl methyl sites for hydroxylation is 1. The molecule has 0 aliphatic carbocycles. The molecular formula is C8H15N3O3S. The molecule has 1 aromatic heterocycles.